The number of methoxy groups -OCH3 is 1. The van der Waals surface area contributed by atoms with Gasteiger partial charge in [-0.15, -0.1) is 0 Å². The molecule has 9 nitrogen and oxygen atoms in total. The number of nitrogens with zero attached hydrogens (tertiary/aromatic N) is 1. The Labute approximate surface area is 209 Å². The predicted octanol–water partition coefficient (Wildman–Crippen LogP) is 3.76. The summed E-state index contributed by atoms with van der Waals surface area (Å²) in [5.74, 6) is -0.437. The second-order valence-electron chi connectivity index (χ2n) is 6.45. The number of ether oxygens (including phenoxy) is 3. The zero-order valence-corrected chi connectivity index (χ0v) is 20.9. The van der Waals surface area contributed by atoms with E-state index in [-0.39, 0.29) is 32.0 Å². The zero-order chi connectivity index (χ0) is 24.2. The van der Waals surface area contributed by atoms with E-state index in [0.29, 0.717) is 31.3 Å². The highest BCUT2D eigenvalue weighted by Crippen LogP contribution is 2.33. The number of carbonyl (C=O) groups excluding carboxylic acids is 3. The average molecular weight is 588 g/mol. The van der Waals surface area contributed by atoms with Crippen LogP contribution in [0.2, 0.25) is 5.02 Å². The number of rotatable bonds is 11. The number of benzene rings is 2. The van der Waals surface area contributed by atoms with Crippen molar-refractivity contribution in [3.63, 3.8) is 0 Å². The Hall–Kier alpha value is -2.86. The molecule has 33 heavy (non-hydrogen) atoms. The van der Waals surface area contributed by atoms with Gasteiger partial charge in [-0.25, -0.2) is 10.2 Å². The standard InChI is InChI=1S/C22H23ClIN3O6/c1-3-32-21(30)13-33-22-16(24)10-14(11-18(22)31-2)12-25-27-20(29)9-8-19(28)26-17-7-5-4-6-15(17)23/h4-7,10-12H,3,8-9,13H2,1-2H3,(H,26,28)(H,27,29). The van der Waals surface area contributed by atoms with Gasteiger partial charge < -0.3 is 19.5 Å². The van der Waals surface area contributed by atoms with Crippen LogP contribution in [0.1, 0.15) is 25.3 Å². The summed E-state index contributed by atoms with van der Waals surface area (Å²) in [5, 5.41) is 6.98. The molecule has 2 N–H and O–H groups in total. The first-order valence-corrected chi connectivity index (χ1v) is 11.3. The first-order valence-electron chi connectivity index (χ1n) is 9.86. The summed E-state index contributed by atoms with van der Waals surface area (Å²) in [6, 6.07) is 10.2. The monoisotopic (exact) mass is 587 g/mol. The van der Waals surface area contributed by atoms with E-state index in [1.165, 1.54) is 13.3 Å². The molecule has 11 heteroatoms. The van der Waals surface area contributed by atoms with Crippen LogP contribution in [0, 0.1) is 3.57 Å². The average Bonchev–Trinajstić information content (AvgIpc) is 2.78. The number of anilines is 1. The van der Waals surface area contributed by atoms with Crippen molar-refractivity contribution in [3.8, 4) is 11.5 Å². The van der Waals surface area contributed by atoms with Crippen LogP contribution in [-0.2, 0) is 19.1 Å². The van der Waals surface area contributed by atoms with Crippen molar-refractivity contribution in [1.29, 1.82) is 0 Å². The van der Waals surface area contributed by atoms with Crippen molar-refractivity contribution in [2.45, 2.75) is 19.8 Å². The van der Waals surface area contributed by atoms with Crippen LogP contribution in [0.3, 0.4) is 0 Å². The number of amides is 2. The van der Waals surface area contributed by atoms with E-state index in [1.54, 1.807) is 43.3 Å². The molecule has 0 bridgehead atoms. The van der Waals surface area contributed by atoms with Gasteiger partial charge in [0.1, 0.15) is 0 Å². The number of hydrazone groups is 1. The van der Waals surface area contributed by atoms with Gasteiger partial charge in [-0.05, 0) is 59.3 Å². The largest absolute Gasteiger partial charge is 0.493 e. The third-order valence-corrected chi connectivity index (χ3v) is 5.15. The molecule has 0 unspecified atom stereocenters. The molecule has 2 aromatic carbocycles. The molecular formula is C22H23ClIN3O6. The summed E-state index contributed by atoms with van der Waals surface area (Å²) in [6.45, 7) is 1.74. The summed E-state index contributed by atoms with van der Waals surface area (Å²) < 4.78 is 16.4. The number of hydrogen-bond acceptors (Lipinski definition) is 7. The van der Waals surface area contributed by atoms with Gasteiger partial charge in [0, 0.05) is 12.8 Å². The van der Waals surface area contributed by atoms with E-state index >= 15 is 0 Å². The normalized spacial score (nSPS) is 10.5. The lowest BCUT2D eigenvalue weighted by molar-refractivity contribution is -0.145. The summed E-state index contributed by atoms with van der Waals surface area (Å²) in [7, 11) is 1.47. The third-order valence-electron chi connectivity index (χ3n) is 4.02. The Balaban J connectivity index is 1.87. The Morgan fingerprint density at radius 3 is 2.58 bits per heavy atom. The van der Waals surface area contributed by atoms with Crippen molar-refractivity contribution in [2.24, 2.45) is 5.10 Å². The van der Waals surface area contributed by atoms with Gasteiger partial charge in [0.15, 0.2) is 18.1 Å². The van der Waals surface area contributed by atoms with Crippen LogP contribution in [0.25, 0.3) is 0 Å². The molecule has 0 saturated heterocycles. The van der Waals surface area contributed by atoms with Crippen molar-refractivity contribution in [3.05, 3.63) is 50.6 Å². The second kappa shape index (κ2) is 13.6. The number of hydrogen-bond donors (Lipinski definition) is 2. The maximum Gasteiger partial charge on any atom is 0.344 e. The molecule has 176 valence electrons. The molecule has 0 heterocycles. The SMILES string of the molecule is CCOC(=O)COc1c(I)cc(C=NNC(=O)CCC(=O)Nc2ccccc2Cl)cc1OC. The van der Waals surface area contributed by atoms with Crippen LogP contribution in [0.4, 0.5) is 5.69 Å². The molecule has 2 aromatic rings. The number of para-hydroxylation sites is 1. The van der Waals surface area contributed by atoms with E-state index in [4.69, 9.17) is 25.8 Å². The maximum atomic E-state index is 12.0. The van der Waals surface area contributed by atoms with E-state index < -0.39 is 11.9 Å². The molecule has 0 aliphatic heterocycles. The predicted molar refractivity (Wildman–Crippen MR) is 133 cm³/mol. The van der Waals surface area contributed by atoms with Crippen molar-refractivity contribution >= 4 is 63.9 Å². The van der Waals surface area contributed by atoms with Crippen LogP contribution >= 0.6 is 34.2 Å². The van der Waals surface area contributed by atoms with Crippen LogP contribution in [0.5, 0.6) is 11.5 Å². The van der Waals surface area contributed by atoms with Gasteiger partial charge >= 0.3 is 5.97 Å². The van der Waals surface area contributed by atoms with Gasteiger partial charge in [0.05, 0.1) is 34.2 Å². The number of halogens is 2. The molecule has 0 fully saturated rings. The van der Waals surface area contributed by atoms with Crippen molar-refractivity contribution in [1.82, 2.24) is 5.43 Å². The third kappa shape index (κ3) is 8.89. The number of nitrogens with one attached hydrogen (secondary N) is 2. The molecule has 2 amide bonds. The fourth-order valence-corrected chi connectivity index (χ4v) is 3.49. The minimum atomic E-state index is -0.482. The Morgan fingerprint density at radius 1 is 1.15 bits per heavy atom. The summed E-state index contributed by atoms with van der Waals surface area (Å²) in [6.07, 6.45) is 1.36. The van der Waals surface area contributed by atoms with E-state index in [1.807, 2.05) is 22.6 Å². The highest BCUT2D eigenvalue weighted by molar-refractivity contribution is 14.1. The molecule has 0 aliphatic carbocycles. The zero-order valence-electron chi connectivity index (χ0n) is 18.0. The molecule has 0 spiro atoms. The number of esters is 1. The Bertz CT molecular complexity index is 1030. The topological polar surface area (TPSA) is 115 Å². The van der Waals surface area contributed by atoms with Gasteiger partial charge in [-0.1, -0.05) is 23.7 Å². The summed E-state index contributed by atoms with van der Waals surface area (Å²) in [5.41, 5.74) is 3.50. The number of carbonyl (C=O) groups is 3. The highest BCUT2D eigenvalue weighted by Gasteiger charge is 2.14. The fraction of sp³-hybridized carbons (Fsp3) is 0.273. The lowest BCUT2D eigenvalue weighted by Crippen LogP contribution is -2.20. The fourth-order valence-electron chi connectivity index (χ4n) is 2.53. The molecule has 0 saturated carbocycles. The first kappa shape index (κ1) is 26.4. The van der Waals surface area contributed by atoms with Gasteiger partial charge in [-0.2, -0.15) is 5.10 Å². The summed E-state index contributed by atoms with van der Waals surface area (Å²) in [4.78, 5) is 35.5. The van der Waals surface area contributed by atoms with Crippen LogP contribution < -0.4 is 20.2 Å². The quantitative estimate of drug-likeness (QED) is 0.179. The Morgan fingerprint density at radius 2 is 1.88 bits per heavy atom. The summed E-state index contributed by atoms with van der Waals surface area (Å²) >= 11 is 8.03. The maximum absolute atomic E-state index is 12.0. The molecule has 0 atom stereocenters. The van der Waals surface area contributed by atoms with Gasteiger partial charge in [0.25, 0.3) is 0 Å². The molecule has 2 rings (SSSR count). The van der Waals surface area contributed by atoms with E-state index in [9.17, 15) is 14.4 Å². The smallest absolute Gasteiger partial charge is 0.344 e. The molecule has 0 aliphatic rings. The van der Waals surface area contributed by atoms with E-state index in [2.05, 4.69) is 15.8 Å². The van der Waals surface area contributed by atoms with Crippen molar-refractivity contribution < 1.29 is 28.6 Å². The molecule has 0 aromatic heterocycles. The minimum Gasteiger partial charge on any atom is -0.493 e. The minimum absolute atomic E-state index is 0.0230. The van der Waals surface area contributed by atoms with Crippen LogP contribution in [-0.4, -0.2) is 44.3 Å². The Kier molecular flexibility index (Phi) is 10.9. The second-order valence-corrected chi connectivity index (χ2v) is 8.02. The lowest BCUT2D eigenvalue weighted by Gasteiger charge is -2.13. The van der Waals surface area contributed by atoms with Gasteiger partial charge in [0.2, 0.25) is 11.8 Å². The van der Waals surface area contributed by atoms with Crippen molar-refractivity contribution in [2.75, 3.05) is 25.6 Å². The lowest BCUT2D eigenvalue weighted by atomic mass is 10.2. The van der Waals surface area contributed by atoms with Crippen LogP contribution in [0.15, 0.2) is 41.5 Å². The van der Waals surface area contributed by atoms with E-state index in [0.717, 1.165) is 0 Å². The molecular weight excluding hydrogens is 565 g/mol. The first-order chi connectivity index (χ1) is 15.8. The molecule has 0 radical (unpaired) electrons. The van der Waals surface area contributed by atoms with Gasteiger partial charge in [-0.3, -0.25) is 9.59 Å². The highest BCUT2D eigenvalue weighted by atomic mass is 127.